The summed E-state index contributed by atoms with van der Waals surface area (Å²) in [6, 6.07) is 12.6. The van der Waals surface area contributed by atoms with Gasteiger partial charge in [-0.2, -0.15) is 0 Å². The lowest BCUT2D eigenvalue weighted by atomic mass is 10.2. The van der Waals surface area contributed by atoms with Crippen LogP contribution < -0.4 is 5.32 Å². The maximum Gasteiger partial charge on any atom is 0.273 e. The lowest BCUT2D eigenvalue weighted by Crippen LogP contribution is -2.28. The molecule has 0 bridgehead atoms. The van der Waals surface area contributed by atoms with Crippen LogP contribution in [0.15, 0.2) is 63.8 Å². The van der Waals surface area contributed by atoms with Crippen molar-refractivity contribution in [2.75, 3.05) is 6.54 Å². The van der Waals surface area contributed by atoms with Crippen LogP contribution in [0.2, 0.25) is 0 Å². The van der Waals surface area contributed by atoms with E-state index < -0.39 is 12.0 Å². The van der Waals surface area contributed by atoms with Crippen LogP contribution in [-0.2, 0) is 0 Å². The summed E-state index contributed by atoms with van der Waals surface area (Å²) in [5.74, 6) is 0.347. The molecule has 112 valence electrons. The lowest BCUT2D eigenvalue weighted by molar-refractivity contribution is 0.0896. The molecule has 0 aliphatic rings. The van der Waals surface area contributed by atoms with Crippen molar-refractivity contribution in [1.29, 1.82) is 0 Å². The zero-order chi connectivity index (χ0) is 15.4. The highest BCUT2D eigenvalue weighted by atomic mass is 16.4. The minimum Gasteiger partial charge on any atom is -0.467 e. The highest BCUT2D eigenvalue weighted by Gasteiger charge is 2.16. The number of aliphatic hydroxyl groups is 1. The Balaban J connectivity index is 1.62. The molecule has 0 aliphatic heterocycles. The largest absolute Gasteiger partial charge is 0.467 e. The molecular formula is C16H14N2O4. The van der Waals surface area contributed by atoms with Gasteiger partial charge >= 0.3 is 0 Å². The molecule has 0 saturated heterocycles. The average Bonchev–Trinajstić information content (AvgIpc) is 3.24. The van der Waals surface area contributed by atoms with Crippen molar-refractivity contribution >= 4 is 5.91 Å². The third-order valence-corrected chi connectivity index (χ3v) is 3.09. The Morgan fingerprint density at radius 2 is 2.00 bits per heavy atom. The predicted molar refractivity (Wildman–Crippen MR) is 77.9 cm³/mol. The van der Waals surface area contributed by atoms with Crippen molar-refractivity contribution in [2.45, 2.75) is 6.10 Å². The van der Waals surface area contributed by atoms with Gasteiger partial charge in [-0.15, -0.1) is 0 Å². The fraction of sp³-hybridized carbons (Fsp3) is 0.125. The Labute approximate surface area is 126 Å². The number of nitrogens with one attached hydrogen (secondary N) is 1. The van der Waals surface area contributed by atoms with Crippen LogP contribution in [0.5, 0.6) is 0 Å². The van der Waals surface area contributed by atoms with Crippen molar-refractivity contribution in [2.24, 2.45) is 0 Å². The summed E-state index contributed by atoms with van der Waals surface area (Å²) in [5.41, 5.74) is 0.947. The van der Waals surface area contributed by atoms with Crippen molar-refractivity contribution in [3.63, 3.8) is 0 Å². The van der Waals surface area contributed by atoms with Gasteiger partial charge in [0.25, 0.3) is 5.91 Å². The molecule has 22 heavy (non-hydrogen) atoms. The van der Waals surface area contributed by atoms with E-state index >= 15 is 0 Å². The summed E-state index contributed by atoms with van der Waals surface area (Å²) in [7, 11) is 0. The minimum absolute atomic E-state index is 0.0277. The SMILES string of the molecule is O=C(NCC(O)c1ccco1)c1coc(-c2ccccc2)n1. The van der Waals surface area contributed by atoms with E-state index in [1.807, 2.05) is 30.3 Å². The second-order valence-corrected chi connectivity index (χ2v) is 4.65. The van der Waals surface area contributed by atoms with Gasteiger partial charge in [0.2, 0.25) is 5.89 Å². The molecule has 3 aromatic rings. The first-order chi connectivity index (χ1) is 10.7. The van der Waals surface area contributed by atoms with Crippen molar-refractivity contribution < 1.29 is 18.7 Å². The van der Waals surface area contributed by atoms with E-state index in [0.717, 1.165) is 5.56 Å². The fourth-order valence-corrected chi connectivity index (χ4v) is 1.95. The molecular weight excluding hydrogens is 284 g/mol. The first-order valence-corrected chi connectivity index (χ1v) is 6.74. The van der Waals surface area contributed by atoms with E-state index in [2.05, 4.69) is 10.3 Å². The molecule has 6 nitrogen and oxygen atoms in total. The molecule has 3 rings (SSSR count). The Morgan fingerprint density at radius 1 is 1.18 bits per heavy atom. The highest BCUT2D eigenvalue weighted by molar-refractivity contribution is 5.92. The number of furan rings is 1. The van der Waals surface area contributed by atoms with E-state index in [9.17, 15) is 9.90 Å². The number of aliphatic hydroxyl groups excluding tert-OH is 1. The van der Waals surface area contributed by atoms with Gasteiger partial charge in [-0.05, 0) is 24.3 Å². The number of hydrogen-bond acceptors (Lipinski definition) is 5. The molecule has 1 aromatic carbocycles. The molecule has 0 spiro atoms. The van der Waals surface area contributed by atoms with Gasteiger partial charge in [0.05, 0.1) is 12.8 Å². The van der Waals surface area contributed by atoms with Gasteiger partial charge in [-0.25, -0.2) is 4.98 Å². The van der Waals surface area contributed by atoms with Crippen molar-refractivity contribution in [3.8, 4) is 11.5 Å². The summed E-state index contributed by atoms with van der Waals surface area (Å²) in [4.78, 5) is 16.1. The first-order valence-electron chi connectivity index (χ1n) is 6.74. The normalized spacial score (nSPS) is 12.0. The highest BCUT2D eigenvalue weighted by Crippen LogP contribution is 2.18. The number of oxazole rings is 1. The predicted octanol–water partition coefficient (Wildman–Crippen LogP) is 2.40. The van der Waals surface area contributed by atoms with Gasteiger partial charge in [-0.1, -0.05) is 18.2 Å². The minimum atomic E-state index is -0.903. The summed E-state index contributed by atoms with van der Waals surface area (Å²) >= 11 is 0. The number of rotatable bonds is 5. The van der Waals surface area contributed by atoms with Crippen LogP contribution in [0.4, 0.5) is 0 Å². The Morgan fingerprint density at radius 3 is 2.73 bits per heavy atom. The summed E-state index contributed by atoms with van der Waals surface area (Å²) < 4.78 is 10.4. The van der Waals surface area contributed by atoms with Gasteiger partial charge in [-0.3, -0.25) is 4.79 Å². The Hall–Kier alpha value is -2.86. The van der Waals surface area contributed by atoms with Gasteiger partial charge < -0.3 is 19.3 Å². The molecule has 0 fully saturated rings. The molecule has 0 radical (unpaired) electrons. The number of benzene rings is 1. The van der Waals surface area contributed by atoms with Crippen LogP contribution in [0.1, 0.15) is 22.4 Å². The standard InChI is InChI=1S/C16H14N2O4/c19-13(14-7-4-8-21-14)9-17-15(20)12-10-22-16(18-12)11-5-2-1-3-6-11/h1-8,10,13,19H,9H2,(H,17,20). The first kappa shape index (κ1) is 14.1. The molecule has 2 N–H and O–H groups in total. The van der Waals surface area contributed by atoms with Crippen molar-refractivity contribution in [3.05, 3.63) is 66.4 Å². The maximum absolute atomic E-state index is 12.0. The van der Waals surface area contributed by atoms with E-state index in [1.165, 1.54) is 12.5 Å². The molecule has 1 atom stereocenters. The molecule has 0 aliphatic carbocycles. The monoisotopic (exact) mass is 298 g/mol. The van der Waals surface area contributed by atoms with E-state index in [1.54, 1.807) is 12.1 Å². The lowest BCUT2D eigenvalue weighted by Gasteiger charge is -2.07. The molecule has 2 aromatic heterocycles. The number of nitrogens with zero attached hydrogens (tertiary/aromatic N) is 1. The smallest absolute Gasteiger partial charge is 0.273 e. The Kier molecular flexibility index (Phi) is 4.02. The number of aromatic nitrogens is 1. The number of amides is 1. The summed E-state index contributed by atoms with van der Waals surface area (Å²) in [6.07, 6.45) is 1.85. The van der Waals surface area contributed by atoms with Crippen LogP contribution in [0, 0.1) is 0 Å². The molecule has 6 heteroatoms. The quantitative estimate of drug-likeness (QED) is 0.755. The van der Waals surface area contributed by atoms with E-state index in [4.69, 9.17) is 8.83 Å². The van der Waals surface area contributed by atoms with Crippen LogP contribution in [-0.4, -0.2) is 22.5 Å². The van der Waals surface area contributed by atoms with Gasteiger partial charge in [0.15, 0.2) is 5.69 Å². The van der Waals surface area contributed by atoms with Crippen LogP contribution >= 0.6 is 0 Å². The third kappa shape index (κ3) is 3.07. The third-order valence-electron chi connectivity index (χ3n) is 3.09. The number of carbonyl (C=O) groups excluding carboxylic acids is 1. The van der Waals surface area contributed by atoms with Gasteiger partial charge in [0, 0.05) is 5.56 Å². The van der Waals surface area contributed by atoms with E-state index in [-0.39, 0.29) is 12.2 Å². The van der Waals surface area contributed by atoms with Gasteiger partial charge in [0.1, 0.15) is 18.1 Å². The number of carbonyl (C=O) groups is 1. The summed E-state index contributed by atoms with van der Waals surface area (Å²) in [5, 5.41) is 12.4. The number of hydrogen-bond donors (Lipinski definition) is 2. The molecule has 2 heterocycles. The molecule has 1 unspecified atom stereocenters. The van der Waals surface area contributed by atoms with Crippen molar-refractivity contribution in [1.82, 2.24) is 10.3 Å². The summed E-state index contributed by atoms with van der Waals surface area (Å²) in [6.45, 7) is 0.0277. The zero-order valence-corrected chi connectivity index (χ0v) is 11.6. The zero-order valence-electron chi connectivity index (χ0n) is 11.6. The molecule has 1 amide bonds. The maximum atomic E-state index is 12.0. The average molecular weight is 298 g/mol. The molecule has 0 saturated carbocycles. The fourth-order valence-electron chi connectivity index (χ4n) is 1.95. The van der Waals surface area contributed by atoms with E-state index in [0.29, 0.717) is 11.7 Å². The second-order valence-electron chi connectivity index (χ2n) is 4.65. The Bertz CT molecular complexity index is 735. The van der Waals surface area contributed by atoms with Crippen LogP contribution in [0.25, 0.3) is 11.5 Å². The topological polar surface area (TPSA) is 88.5 Å². The second kappa shape index (κ2) is 6.28. The van der Waals surface area contributed by atoms with Crippen LogP contribution in [0.3, 0.4) is 0 Å².